The van der Waals surface area contributed by atoms with Crippen molar-refractivity contribution in [2.24, 2.45) is 5.92 Å². The van der Waals surface area contributed by atoms with E-state index in [2.05, 4.69) is 47.3 Å². The van der Waals surface area contributed by atoms with Crippen molar-refractivity contribution in [3.05, 3.63) is 71.5 Å². The zero-order valence-corrected chi connectivity index (χ0v) is 16.7. The molecule has 0 bridgehead atoms. The maximum Gasteiger partial charge on any atom is 0.233 e. The Balaban J connectivity index is 1.64. The van der Waals surface area contributed by atoms with Crippen molar-refractivity contribution in [1.29, 1.82) is 0 Å². The number of anilines is 1. The maximum atomic E-state index is 13.3. The molecule has 0 spiro atoms. The first kappa shape index (κ1) is 17.9. The summed E-state index contributed by atoms with van der Waals surface area (Å²) in [5, 5.41) is 4.50. The Hall–Kier alpha value is -3.15. The van der Waals surface area contributed by atoms with Crippen LogP contribution in [0.15, 0.2) is 54.9 Å². The van der Waals surface area contributed by atoms with Gasteiger partial charge in [-0.25, -0.2) is 4.68 Å². The molecule has 1 fully saturated rings. The molecule has 1 saturated carbocycles. The number of rotatable bonds is 4. The summed E-state index contributed by atoms with van der Waals surface area (Å²) < 4.78 is 7.51. The Morgan fingerprint density at radius 2 is 1.83 bits per heavy atom. The lowest BCUT2D eigenvalue weighted by atomic mass is 9.91. The molecular weight excluding hydrogens is 364 g/mol. The summed E-state index contributed by atoms with van der Waals surface area (Å²) in [7, 11) is 1.68. The van der Waals surface area contributed by atoms with E-state index < -0.39 is 0 Å². The number of methoxy groups -OCH3 is 1. The number of carbonyl (C=O) groups is 1. The highest BCUT2D eigenvalue weighted by Crippen LogP contribution is 2.46. The first-order chi connectivity index (χ1) is 14.2. The largest absolute Gasteiger partial charge is 0.496 e. The number of benzene rings is 2. The Morgan fingerprint density at radius 1 is 1.07 bits per heavy atom. The predicted molar refractivity (Wildman–Crippen MR) is 110 cm³/mol. The number of carbonyl (C=O) groups excluding carboxylic acids is 1. The minimum atomic E-state index is -0.0877. The standard InChI is InChI=1S/C23H24N4O2/c1-15-7-9-16(10-8-15)19-13-20(18-5-3-4-6-21(18)29-2)27-23(24-14-25-27)26(19)22(28)17-11-12-17/h3-10,14,17,19-20H,11-13H2,1-2H3/t19-,20+/m1/s1. The Morgan fingerprint density at radius 3 is 2.55 bits per heavy atom. The zero-order chi connectivity index (χ0) is 20.0. The van der Waals surface area contributed by atoms with E-state index in [1.807, 2.05) is 27.8 Å². The van der Waals surface area contributed by atoms with Gasteiger partial charge in [-0.15, -0.1) is 0 Å². The number of nitrogens with zero attached hydrogens (tertiary/aromatic N) is 4. The molecule has 0 unspecified atom stereocenters. The van der Waals surface area contributed by atoms with Gasteiger partial charge in [0, 0.05) is 11.5 Å². The van der Waals surface area contributed by atoms with Gasteiger partial charge in [-0.1, -0.05) is 48.0 Å². The molecule has 2 atom stereocenters. The third kappa shape index (κ3) is 3.09. The van der Waals surface area contributed by atoms with Crippen molar-refractivity contribution in [2.75, 3.05) is 12.0 Å². The second kappa shape index (κ2) is 7.03. The number of amides is 1. The van der Waals surface area contributed by atoms with Crippen LogP contribution >= 0.6 is 0 Å². The first-order valence-electron chi connectivity index (χ1n) is 10.1. The molecule has 2 aromatic carbocycles. The molecule has 1 aromatic heterocycles. The monoisotopic (exact) mass is 388 g/mol. The van der Waals surface area contributed by atoms with Gasteiger partial charge in [-0.3, -0.25) is 9.69 Å². The summed E-state index contributed by atoms with van der Waals surface area (Å²) in [5.74, 6) is 1.71. The average molecular weight is 388 g/mol. The molecule has 0 N–H and O–H groups in total. The van der Waals surface area contributed by atoms with E-state index in [1.54, 1.807) is 13.4 Å². The van der Waals surface area contributed by atoms with Crippen LogP contribution in [0.2, 0.25) is 0 Å². The van der Waals surface area contributed by atoms with Crippen LogP contribution in [-0.4, -0.2) is 27.8 Å². The molecule has 1 aliphatic heterocycles. The summed E-state index contributed by atoms with van der Waals surface area (Å²) in [6.45, 7) is 2.08. The van der Waals surface area contributed by atoms with E-state index in [4.69, 9.17) is 4.74 Å². The van der Waals surface area contributed by atoms with Gasteiger partial charge in [-0.2, -0.15) is 10.1 Å². The summed E-state index contributed by atoms with van der Waals surface area (Å²) in [6, 6.07) is 16.3. The number of hydrogen-bond acceptors (Lipinski definition) is 4. The summed E-state index contributed by atoms with van der Waals surface area (Å²) in [6.07, 6.45) is 4.18. The van der Waals surface area contributed by atoms with Gasteiger partial charge in [0.25, 0.3) is 0 Å². The molecule has 5 rings (SSSR count). The highest BCUT2D eigenvalue weighted by molar-refractivity contribution is 5.96. The van der Waals surface area contributed by atoms with Crippen LogP contribution in [0.1, 0.15) is 48.0 Å². The topological polar surface area (TPSA) is 60.2 Å². The van der Waals surface area contributed by atoms with Gasteiger partial charge in [0.1, 0.15) is 12.1 Å². The van der Waals surface area contributed by atoms with Crippen molar-refractivity contribution in [1.82, 2.24) is 14.8 Å². The van der Waals surface area contributed by atoms with Crippen molar-refractivity contribution >= 4 is 11.9 Å². The zero-order valence-electron chi connectivity index (χ0n) is 16.7. The number of fused-ring (bicyclic) bond motifs is 1. The normalized spacial score (nSPS) is 21.0. The van der Waals surface area contributed by atoms with Gasteiger partial charge in [0.2, 0.25) is 11.9 Å². The number of hydrogen-bond donors (Lipinski definition) is 0. The van der Waals surface area contributed by atoms with Gasteiger partial charge in [-0.05, 0) is 37.8 Å². The maximum absolute atomic E-state index is 13.3. The molecule has 3 aromatic rings. The Kier molecular flexibility index (Phi) is 4.34. The first-order valence-corrected chi connectivity index (χ1v) is 10.1. The van der Waals surface area contributed by atoms with Crippen molar-refractivity contribution in [3.8, 4) is 5.75 Å². The molecule has 29 heavy (non-hydrogen) atoms. The van der Waals surface area contributed by atoms with E-state index >= 15 is 0 Å². The van der Waals surface area contributed by atoms with Gasteiger partial charge in [0.15, 0.2) is 0 Å². The molecule has 0 saturated heterocycles. The average Bonchev–Trinajstić information content (AvgIpc) is 3.49. The van der Waals surface area contributed by atoms with Crippen LogP contribution < -0.4 is 9.64 Å². The predicted octanol–water partition coefficient (Wildman–Crippen LogP) is 4.07. The second-order valence-electron chi connectivity index (χ2n) is 7.91. The highest BCUT2D eigenvalue weighted by atomic mass is 16.5. The van der Waals surface area contributed by atoms with Crippen LogP contribution in [0.25, 0.3) is 0 Å². The third-order valence-electron chi connectivity index (χ3n) is 5.95. The van der Waals surface area contributed by atoms with E-state index in [1.165, 1.54) is 5.56 Å². The van der Waals surface area contributed by atoms with Gasteiger partial charge < -0.3 is 4.74 Å². The Labute approximate surface area is 170 Å². The fourth-order valence-corrected chi connectivity index (χ4v) is 4.25. The summed E-state index contributed by atoms with van der Waals surface area (Å²) in [5.41, 5.74) is 3.38. The highest BCUT2D eigenvalue weighted by Gasteiger charge is 2.44. The number of aromatic nitrogens is 3. The van der Waals surface area contributed by atoms with Crippen LogP contribution in [0, 0.1) is 12.8 Å². The lowest BCUT2D eigenvalue weighted by molar-refractivity contribution is -0.120. The molecule has 6 heteroatoms. The van der Waals surface area contributed by atoms with E-state index in [-0.39, 0.29) is 23.9 Å². The van der Waals surface area contributed by atoms with E-state index in [9.17, 15) is 4.79 Å². The Bertz CT molecular complexity index is 1040. The molecule has 148 valence electrons. The number of aryl methyl sites for hydroxylation is 1. The van der Waals surface area contributed by atoms with Crippen LogP contribution in [0.5, 0.6) is 5.75 Å². The third-order valence-corrected chi connectivity index (χ3v) is 5.95. The molecule has 0 radical (unpaired) electrons. The fraction of sp³-hybridized carbons (Fsp3) is 0.348. The second-order valence-corrected chi connectivity index (χ2v) is 7.91. The quantitative estimate of drug-likeness (QED) is 0.676. The molecule has 1 aliphatic carbocycles. The molecule has 2 heterocycles. The molecule has 6 nitrogen and oxygen atoms in total. The lowest BCUT2D eigenvalue weighted by Gasteiger charge is -2.39. The SMILES string of the molecule is COc1ccccc1[C@@H]1C[C@H](c2ccc(C)cc2)N(C(=O)C2CC2)c2ncnn21. The van der Waals surface area contributed by atoms with Gasteiger partial charge >= 0.3 is 0 Å². The van der Waals surface area contributed by atoms with Crippen molar-refractivity contribution in [2.45, 2.75) is 38.3 Å². The number of ether oxygens (including phenoxy) is 1. The van der Waals surface area contributed by atoms with Crippen molar-refractivity contribution in [3.63, 3.8) is 0 Å². The summed E-state index contributed by atoms with van der Waals surface area (Å²) in [4.78, 5) is 19.6. The van der Waals surface area contributed by atoms with Gasteiger partial charge in [0.05, 0.1) is 19.2 Å². The van der Waals surface area contributed by atoms with Crippen molar-refractivity contribution < 1.29 is 9.53 Å². The minimum absolute atomic E-state index is 0.0572. The molecular formula is C23H24N4O2. The fourth-order valence-electron chi connectivity index (χ4n) is 4.25. The molecule has 1 amide bonds. The van der Waals surface area contributed by atoms with Crippen LogP contribution in [0.3, 0.4) is 0 Å². The van der Waals surface area contributed by atoms with Crippen LogP contribution in [-0.2, 0) is 4.79 Å². The smallest absolute Gasteiger partial charge is 0.233 e. The minimum Gasteiger partial charge on any atom is -0.496 e. The molecule has 2 aliphatic rings. The summed E-state index contributed by atoms with van der Waals surface area (Å²) >= 11 is 0. The lowest BCUT2D eigenvalue weighted by Crippen LogP contribution is -2.43. The van der Waals surface area contributed by atoms with Crippen LogP contribution in [0.4, 0.5) is 5.95 Å². The van der Waals surface area contributed by atoms with E-state index in [0.29, 0.717) is 5.95 Å². The van der Waals surface area contributed by atoms with E-state index in [0.717, 1.165) is 36.1 Å². The number of para-hydroxylation sites is 1.